The van der Waals surface area contributed by atoms with E-state index in [9.17, 15) is 24.0 Å². The summed E-state index contributed by atoms with van der Waals surface area (Å²) in [7, 11) is 0. The molecule has 1 aromatic heterocycles. The Kier molecular flexibility index (Phi) is 26.3. The second-order valence-electron chi connectivity index (χ2n) is 49.2. The van der Waals surface area contributed by atoms with Gasteiger partial charge in [-0.25, -0.2) is 4.79 Å². The van der Waals surface area contributed by atoms with Crippen LogP contribution in [0.1, 0.15) is 378 Å². The van der Waals surface area contributed by atoms with Crippen LogP contribution in [0, 0.1) is 107 Å². The number of Topliss-reactive ketones (excluding diaryl/α,β-unsaturated/α-hetero) is 1. The Morgan fingerprint density at radius 2 is 0.712 bits per heavy atom. The number of hydrogen-bond donors (Lipinski definition) is 1. The summed E-state index contributed by atoms with van der Waals surface area (Å²) in [6.45, 7) is 13.2. The summed E-state index contributed by atoms with van der Waals surface area (Å²) in [5, 5.41) is 3.11. The van der Waals surface area contributed by atoms with E-state index in [1.165, 1.54) is 170 Å². The van der Waals surface area contributed by atoms with Crippen molar-refractivity contribution in [3.8, 4) is 17.2 Å². The number of aromatic nitrogens is 1. The fraction of sp³-hybridized carbons (Fsp3) is 0.707. The molecule has 20 saturated carbocycles. The van der Waals surface area contributed by atoms with Gasteiger partial charge in [-0.2, -0.15) is 39.1 Å². The Hall–Kier alpha value is -7.10. The molecule has 0 unspecified atom stereocenters. The molecule has 750 valence electrons. The lowest BCUT2D eigenvalue weighted by molar-refractivity contribution is -0.390. The molecule has 23 heteroatoms. The van der Waals surface area contributed by atoms with Crippen molar-refractivity contribution in [1.29, 1.82) is 0 Å². The zero-order valence-electron chi connectivity index (χ0n) is 83.2. The molecule has 2 amide bonds. The summed E-state index contributed by atoms with van der Waals surface area (Å²) in [5.41, 5.74) is 8.11. The van der Waals surface area contributed by atoms with Gasteiger partial charge in [0.05, 0.1) is 6.42 Å². The van der Waals surface area contributed by atoms with Crippen LogP contribution in [0.5, 0.6) is 17.2 Å². The number of aryl methyl sites for hydroxylation is 2. The largest absolute Gasteiger partial charge is 0.427 e. The third-order valence-electron chi connectivity index (χ3n) is 38.2. The summed E-state index contributed by atoms with van der Waals surface area (Å²) < 4.78 is 44.4. The molecule has 5 aromatic rings. The highest BCUT2D eigenvalue weighted by atomic mass is 17.3. The first-order valence-corrected chi connectivity index (χ1v) is 55.0. The van der Waals surface area contributed by atoms with Crippen molar-refractivity contribution < 1.29 is 96.2 Å². The molecule has 8 atom stereocenters. The molecule has 25 fully saturated rings. The van der Waals surface area contributed by atoms with E-state index in [1.807, 2.05) is 79.7 Å². The Morgan fingerprint density at radius 3 is 1.03 bits per heavy atom. The van der Waals surface area contributed by atoms with Gasteiger partial charge in [-0.1, -0.05) is 94.3 Å². The number of esters is 2. The van der Waals surface area contributed by atoms with Crippen molar-refractivity contribution in [3.05, 3.63) is 154 Å². The van der Waals surface area contributed by atoms with Gasteiger partial charge in [-0.3, -0.25) is 19.4 Å². The lowest BCUT2D eigenvalue weighted by atomic mass is 9.53. The Labute approximate surface area is 821 Å². The number of ether oxygens (including phenoxy) is 7. The fourth-order valence-corrected chi connectivity index (χ4v) is 32.0. The molecule has 23 nitrogen and oxygen atoms in total. The summed E-state index contributed by atoms with van der Waals surface area (Å²) in [5.74, 6) is 8.98. The smallest absolute Gasteiger partial charge is 0.415 e. The van der Waals surface area contributed by atoms with E-state index in [0.29, 0.717) is 126 Å². The minimum Gasteiger partial charge on any atom is -0.427 e. The minimum absolute atomic E-state index is 0.00991. The van der Waals surface area contributed by atoms with Gasteiger partial charge in [-0.15, -0.1) is 0 Å². The van der Waals surface area contributed by atoms with E-state index in [-0.39, 0.29) is 54.0 Å². The number of likely N-dealkylation sites (tertiary alicyclic amines) is 1. The lowest BCUT2D eigenvalue weighted by Gasteiger charge is -2.57. The third kappa shape index (κ3) is 19.4. The first kappa shape index (κ1) is 95.4. The summed E-state index contributed by atoms with van der Waals surface area (Å²) >= 11 is 0. The highest BCUT2D eigenvalue weighted by Gasteiger charge is 2.72. The van der Waals surface area contributed by atoms with Crippen LogP contribution in [-0.2, 0) is 78.9 Å². The Bertz CT molecular complexity index is 5110. The average molecular weight is 1910 g/mol. The van der Waals surface area contributed by atoms with Gasteiger partial charge in [0, 0.05) is 148 Å². The van der Waals surface area contributed by atoms with Gasteiger partial charge in [0.25, 0.3) is 5.91 Å². The van der Waals surface area contributed by atoms with Crippen molar-refractivity contribution in [2.75, 3.05) is 13.1 Å². The number of benzene rings is 4. The molecule has 16 bridgehead atoms. The highest BCUT2D eigenvalue weighted by molar-refractivity contribution is 5.94. The topological polar surface area (TPSA) is 252 Å². The number of carbonyl (C=O) groups excluding carboxylic acids is 5. The second kappa shape index (κ2) is 38.4. The number of amides is 2. The molecule has 8 spiro atoms. The molecule has 20 aliphatic carbocycles. The van der Waals surface area contributed by atoms with Crippen LogP contribution in [0.4, 0.5) is 4.79 Å². The maximum atomic E-state index is 12.9. The van der Waals surface area contributed by atoms with Crippen LogP contribution >= 0.6 is 0 Å². The van der Waals surface area contributed by atoms with Gasteiger partial charge in [0.2, 0.25) is 46.3 Å². The van der Waals surface area contributed by atoms with E-state index < -0.39 is 46.3 Å². The van der Waals surface area contributed by atoms with Crippen molar-refractivity contribution in [3.63, 3.8) is 0 Å². The molecular weight excluding hydrogens is 1760 g/mol. The van der Waals surface area contributed by atoms with Gasteiger partial charge in [-0.05, 0) is 373 Å². The molecule has 139 heavy (non-hydrogen) atoms. The first-order valence-electron chi connectivity index (χ1n) is 55.0. The van der Waals surface area contributed by atoms with E-state index in [2.05, 4.69) is 80.6 Å². The Balaban J connectivity index is 0.000000105. The summed E-state index contributed by atoms with van der Waals surface area (Å²) in [6.07, 6.45) is 48.1. The van der Waals surface area contributed by atoms with Crippen LogP contribution in [0.25, 0.3) is 0 Å². The predicted octanol–water partition coefficient (Wildman–Crippen LogP) is 24.7. The van der Waals surface area contributed by atoms with Crippen molar-refractivity contribution >= 4 is 29.7 Å². The molecule has 30 rings (SSSR count). The van der Waals surface area contributed by atoms with Crippen LogP contribution < -0.4 is 19.5 Å². The number of piperidine rings is 1. The number of rotatable bonds is 16. The van der Waals surface area contributed by atoms with Crippen molar-refractivity contribution in [1.82, 2.24) is 15.2 Å². The number of carbonyl (C=O) groups is 5. The second-order valence-corrected chi connectivity index (χ2v) is 49.2. The Morgan fingerprint density at radius 1 is 0.388 bits per heavy atom. The number of ketones is 1. The van der Waals surface area contributed by atoms with E-state index in [0.717, 1.165) is 168 Å². The number of nitrogens with one attached hydrogen (secondary N) is 1. The molecule has 6 heterocycles. The van der Waals surface area contributed by atoms with Crippen LogP contribution in [0.2, 0.25) is 0 Å². The van der Waals surface area contributed by atoms with Crippen LogP contribution in [0.15, 0.2) is 115 Å². The van der Waals surface area contributed by atoms with Gasteiger partial charge in [0.15, 0.2) is 0 Å². The van der Waals surface area contributed by atoms with Crippen LogP contribution in [0.3, 0.4) is 0 Å². The fourth-order valence-electron chi connectivity index (χ4n) is 32.0. The van der Waals surface area contributed by atoms with Gasteiger partial charge < -0.3 is 48.2 Å². The molecule has 5 aliphatic heterocycles. The van der Waals surface area contributed by atoms with E-state index in [1.54, 1.807) is 4.90 Å². The monoisotopic (exact) mass is 1910 g/mol. The number of hydrogen-bond acceptors (Lipinski definition) is 21. The van der Waals surface area contributed by atoms with Crippen molar-refractivity contribution in [2.45, 2.75) is 400 Å². The molecule has 25 aliphatic rings. The molecular formula is C116H151N3O20. The summed E-state index contributed by atoms with van der Waals surface area (Å²) in [4.78, 5) is 117. The molecule has 5 saturated heterocycles. The molecule has 0 radical (unpaired) electrons. The standard InChI is InChI=1S/C36H44N2O6.C29H40O5.C27H34O6.C24H33NO3/c1-23-4-6-27(7-5-23)33(39)37-31-12-15-38(16-13-31)34(40)41-32-10-8-26(9-11-32)28-3-2-14-35(22-28)42-36(44-43-35)29-18-24-17-25(20-29)21-30(36)19-24;1-27(2,3)12-10-26(30)31-25-8-6-21(7-9-25)22-5-4-11-28(18-22)32-29(34-33-28)23-14-19-13-20(16-23)17-24(29)15-19;1-17(28)4-9-25(29)30-24-7-5-20(6-8-24)21-3-2-10-26(16-21)31-27(33-32-26)22-12-18-11-19(14-22)15-23(27)13-18;1-2-4-22-7-6-19(15-25-22)18-5-3-8-23(14-18)26-24(28-27-23)20-10-16-9-17(12-20)13-21(24)11-16/h4-11,24-25,28-31H,2-3,12-22H2,1H3,(H,37,39);6-9,19-20,22-24H,4-5,10-18H2,1-3H3;5-8,18-19,21-23H,2-4,9-16H2,1H3;6-7,15-18,20-21H,2-5,8-14H2,1H3/t24?,25?,28-,29?,30?,35-,36?;19?,20?,22-,23?,24?,28-,29?;18?,19?,21-,22?,23?,26-,27?;16?,17?,18-,20?,21?,23-,24?/m1111/s1. The van der Waals surface area contributed by atoms with E-state index >= 15 is 0 Å². The SMILES string of the molecule is CC(=O)CCC(=O)Oc1ccc([C@@H]2CCC[C@]3(C2)OOC2(O3)C3CC4CC(C3)CC2C4)cc1.CC(C)(C)CCC(=O)Oc1ccc([C@@H]2CCC[C@]3(C2)OOC2(O3)C3CC4CC(C3)CC2C4)cc1.CCCc1ccc([C@@H]2CCC[C@]3(C2)OOC2(O3)C3CC4CC(C3)CC2C4)cn1.Cc1ccc(C(=O)NC2CCN(C(=O)Oc3ccc([C@@H]4CCC[C@]5(C4)OOC4(O5)C5CC6CC(C5)CC4C6)cc3)CC2)cc1. The van der Waals surface area contributed by atoms with Gasteiger partial charge in [0.1, 0.15) is 23.0 Å². The zero-order valence-corrected chi connectivity index (χ0v) is 83.2. The maximum absolute atomic E-state index is 12.9. The molecule has 4 aromatic carbocycles. The van der Waals surface area contributed by atoms with E-state index in [4.69, 9.17) is 72.3 Å². The normalized spacial score (nSPS) is 40.6. The maximum Gasteiger partial charge on any atom is 0.415 e. The number of pyridine rings is 1. The number of nitrogens with zero attached hydrogens (tertiary/aromatic N) is 2. The molecule has 1 N–H and O–H groups in total. The average Bonchev–Trinajstić information content (AvgIpc) is 1.66. The highest BCUT2D eigenvalue weighted by Crippen LogP contribution is 2.70. The lowest BCUT2D eigenvalue weighted by Crippen LogP contribution is -2.59. The van der Waals surface area contributed by atoms with Crippen LogP contribution in [-0.4, -0.2) is 105 Å². The minimum atomic E-state index is -0.658. The predicted molar refractivity (Wildman–Crippen MR) is 515 cm³/mol. The van der Waals surface area contributed by atoms with Gasteiger partial charge >= 0.3 is 18.0 Å². The van der Waals surface area contributed by atoms with Crippen molar-refractivity contribution in [2.24, 2.45) is 100 Å². The third-order valence-corrected chi connectivity index (χ3v) is 38.2. The first-order chi connectivity index (χ1) is 67.2. The summed E-state index contributed by atoms with van der Waals surface area (Å²) in [6, 6.07) is 35.9. The zero-order chi connectivity index (χ0) is 94.8. The quantitative estimate of drug-likeness (QED) is 0.0547.